The summed E-state index contributed by atoms with van der Waals surface area (Å²) < 4.78 is 0. The molecule has 0 aliphatic rings. The maximum atomic E-state index is 10.5. The molecule has 0 aromatic heterocycles. The van der Waals surface area contributed by atoms with Crippen molar-refractivity contribution in [1.82, 2.24) is 0 Å². The first-order valence-electron chi connectivity index (χ1n) is 6.64. The van der Waals surface area contributed by atoms with Crippen molar-refractivity contribution < 1.29 is 14.8 Å². The van der Waals surface area contributed by atoms with Gasteiger partial charge in [-0.1, -0.05) is 12.1 Å². The summed E-state index contributed by atoms with van der Waals surface area (Å²) in [5.74, 6) is 0. The summed E-state index contributed by atoms with van der Waals surface area (Å²) in [6, 6.07) is 7.46. The molecule has 0 bridgehead atoms. The smallest absolute Gasteiger partial charge is 0.258 e. The third-order valence-corrected chi connectivity index (χ3v) is 2.94. The second-order valence-corrected chi connectivity index (χ2v) is 5.23. The van der Waals surface area contributed by atoms with Crippen LogP contribution in [0.2, 0.25) is 0 Å². The van der Waals surface area contributed by atoms with Crippen LogP contribution in [0.15, 0.2) is 24.3 Å². The van der Waals surface area contributed by atoms with Gasteiger partial charge < -0.3 is 0 Å². The fourth-order valence-electron chi connectivity index (χ4n) is 2.07. The zero-order valence-electron chi connectivity index (χ0n) is 12.1. The van der Waals surface area contributed by atoms with Crippen molar-refractivity contribution in [3.63, 3.8) is 0 Å². The Labute approximate surface area is 114 Å². The van der Waals surface area contributed by atoms with Crippen LogP contribution in [-0.2, 0) is 11.3 Å². The standard InChI is InChI=1S/C14H22N2O3/c1-11(2)15(12(3)4)19-10-9-13-5-7-14(8-6-13)16(17)18/h5-8,11-12H,9-10H2,1-4H3/p+1. The molecule has 5 nitrogen and oxygen atoms in total. The van der Waals surface area contributed by atoms with Crippen LogP contribution in [-0.4, -0.2) is 23.6 Å². The second-order valence-electron chi connectivity index (χ2n) is 5.23. The molecule has 0 saturated carbocycles. The lowest BCUT2D eigenvalue weighted by molar-refractivity contribution is -1.12. The van der Waals surface area contributed by atoms with Gasteiger partial charge in [0.15, 0.2) is 0 Å². The largest absolute Gasteiger partial charge is 0.269 e. The van der Waals surface area contributed by atoms with Crippen molar-refractivity contribution in [1.29, 1.82) is 0 Å². The fourth-order valence-corrected chi connectivity index (χ4v) is 2.07. The van der Waals surface area contributed by atoms with Crippen molar-refractivity contribution in [2.45, 2.75) is 46.2 Å². The summed E-state index contributed by atoms with van der Waals surface area (Å²) in [6.45, 7) is 9.12. The molecular formula is C14H23N2O3+. The van der Waals surface area contributed by atoms with Crippen LogP contribution < -0.4 is 5.06 Å². The average molecular weight is 267 g/mol. The quantitative estimate of drug-likeness (QED) is 0.605. The molecule has 0 heterocycles. The van der Waals surface area contributed by atoms with Crippen LogP contribution >= 0.6 is 0 Å². The van der Waals surface area contributed by atoms with E-state index in [1.807, 2.05) is 0 Å². The number of nitrogens with one attached hydrogen (secondary N) is 1. The number of hydrogen-bond donors (Lipinski definition) is 1. The van der Waals surface area contributed by atoms with Crippen molar-refractivity contribution >= 4 is 5.69 Å². The Kier molecular flexibility index (Phi) is 5.92. The second kappa shape index (κ2) is 7.21. The first-order chi connectivity index (χ1) is 8.91. The maximum absolute atomic E-state index is 10.5. The maximum Gasteiger partial charge on any atom is 0.269 e. The van der Waals surface area contributed by atoms with E-state index in [-0.39, 0.29) is 10.6 Å². The molecule has 0 atom stereocenters. The zero-order valence-corrected chi connectivity index (χ0v) is 12.1. The van der Waals surface area contributed by atoms with Crippen LogP contribution in [0.25, 0.3) is 0 Å². The van der Waals surface area contributed by atoms with Gasteiger partial charge in [-0.05, 0) is 33.3 Å². The van der Waals surface area contributed by atoms with Gasteiger partial charge >= 0.3 is 0 Å². The number of hydrogen-bond acceptors (Lipinski definition) is 3. The van der Waals surface area contributed by atoms with E-state index in [9.17, 15) is 10.1 Å². The Hall–Kier alpha value is -1.46. The average Bonchev–Trinajstić information content (AvgIpc) is 2.34. The highest BCUT2D eigenvalue weighted by atomic mass is 16.7. The van der Waals surface area contributed by atoms with E-state index in [0.717, 1.165) is 17.0 Å². The van der Waals surface area contributed by atoms with Gasteiger partial charge in [0.1, 0.15) is 18.7 Å². The minimum atomic E-state index is -0.385. The summed E-state index contributed by atoms with van der Waals surface area (Å²) in [7, 11) is 0. The molecular weight excluding hydrogens is 244 g/mol. The number of rotatable bonds is 7. The van der Waals surface area contributed by atoms with Gasteiger partial charge in [0.05, 0.1) is 4.92 Å². The highest BCUT2D eigenvalue weighted by Crippen LogP contribution is 2.11. The zero-order chi connectivity index (χ0) is 14.4. The molecule has 0 unspecified atom stereocenters. The topological polar surface area (TPSA) is 56.8 Å². The number of nitro benzene ring substituents is 1. The highest BCUT2D eigenvalue weighted by Gasteiger charge is 2.18. The lowest BCUT2D eigenvalue weighted by Gasteiger charge is -2.24. The molecule has 1 N–H and O–H groups in total. The lowest BCUT2D eigenvalue weighted by atomic mass is 10.1. The Bertz CT molecular complexity index is 394. The Balaban J connectivity index is 2.46. The SMILES string of the molecule is CC(C)[NH+](OCCc1ccc([N+](=O)[O-])cc1)C(C)C. The predicted octanol–water partition coefficient (Wildman–Crippen LogP) is 1.77. The van der Waals surface area contributed by atoms with E-state index in [1.54, 1.807) is 12.1 Å². The molecule has 19 heavy (non-hydrogen) atoms. The highest BCUT2D eigenvalue weighted by molar-refractivity contribution is 5.32. The van der Waals surface area contributed by atoms with Crippen molar-refractivity contribution in [3.8, 4) is 0 Å². The molecule has 0 aliphatic carbocycles. The summed E-state index contributed by atoms with van der Waals surface area (Å²) in [4.78, 5) is 16.0. The molecule has 0 aliphatic heterocycles. The molecule has 1 aromatic carbocycles. The number of non-ortho nitro benzene ring substituents is 1. The van der Waals surface area contributed by atoms with Crippen LogP contribution in [0, 0.1) is 10.1 Å². The molecule has 1 rings (SSSR count). The molecule has 0 radical (unpaired) electrons. The Morgan fingerprint density at radius 3 is 2.11 bits per heavy atom. The molecule has 0 spiro atoms. The predicted molar refractivity (Wildman–Crippen MR) is 74.0 cm³/mol. The van der Waals surface area contributed by atoms with Gasteiger partial charge in [0.2, 0.25) is 0 Å². The molecule has 5 heteroatoms. The van der Waals surface area contributed by atoms with Gasteiger partial charge in [-0.3, -0.25) is 10.1 Å². The van der Waals surface area contributed by atoms with Gasteiger partial charge in [-0.15, -0.1) is 0 Å². The number of nitrogens with zero attached hydrogens (tertiary/aromatic N) is 1. The van der Waals surface area contributed by atoms with Gasteiger partial charge in [0.25, 0.3) is 5.69 Å². The summed E-state index contributed by atoms with van der Waals surface area (Å²) in [5, 5.41) is 11.7. The van der Waals surface area contributed by atoms with Crippen LogP contribution in [0.1, 0.15) is 33.3 Å². The number of nitro groups is 1. The van der Waals surface area contributed by atoms with Gasteiger partial charge in [0, 0.05) is 18.6 Å². The number of hydroxylamine groups is 2. The molecule has 0 saturated heterocycles. The first kappa shape index (κ1) is 15.6. The third kappa shape index (κ3) is 4.96. The third-order valence-electron chi connectivity index (χ3n) is 2.94. The van der Waals surface area contributed by atoms with Crippen molar-refractivity contribution in [3.05, 3.63) is 39.9 Å². The van der Waals surface area contributed by atoms with Crippen molar-refractivity contribution in [2.75, 3.05) is 6.61 Å². The van der Waals surface area contributed by atoms with Crippen molar-refractivity contribution in [2.24, 2.45) is 0 Å². The number of benzene rings is 1. The minimum absolute atomic E-state index is 0.126. The van der Waals surface area contributed by atoms with E-state index in [2.05, 4.69) is 27.7 Å². The van der Waals surface area contributed by atoms with Gasteiger partial charge in [-0.2, -0.15) is 5.06 Å². The summed E-state index contributed by atoms with van der Waals surface area (Å²) >= 11 is 0. The molecule has 0 amide bonds. The van der Waals surface area contributed by atoms with Gasteiger partial charge in [-0.25, -0.2) is 4.84 Å². The van der Waals surface area contributed by atoms with E-state index < -0.39 is 0 Å². The Morgan fingerprint density at radius 2 is 1.68 bits per heavy atom. The van der Waals surface area contributed by atoms with E-state index in [4.69, 9.17) is 4.84 Å². The number of quaternary nitrogens is 1. The fraction of sp³-hybridized carbons (Fsp3) is 0.571. The molecule has 0 fully saturated rings. The molecule has 1 aromatic rings. The van der Waals surface area contributed by atoms with E-state index >= 15 is 0 Å². The Morgan fingerprint density at radius 1 is 1.16 bits per heavy atom. The lowest BCUT2D eigenvalue weighted by Crippen LogP contribution is -3.17. The van der Waals surface area contributed by atoms with Crippen LogP contribution in [0.4, 0.5) is 5.69 Å². The normalized spacial score (nSPS) is 11.5. The van der Waals surface area contributed by atoms with Crippen LogP contribution in [0.5, 0.6) is 0 Å². The van der Waals surface area contributed by atoms with Crippen LogP contribution in [0.3, 0.4) is 0 Å². The van der Waals surface area contributed by atoms with E-state index in [1.165, 1.54) is 12.1 Å². The molecule has 106 valence electrons. The monoisotopic (exact) mass is 267 g/mol. The van der Waals surface area contributed by atoms with E-state index in [0.29, 0.717) is 18.7 Å². The summed E-state index contributed by atoms with van der Waals surface area (Å²) in [5.41, 5.74) is 1.18. The summed E-state index contributed by atoms with van der Waals surface area (Å²) in [6.07, 6.45) is 0.765. The minimum Gasteiger partial charge on any atom is -0.258 e. The first-order valence-corrected chi connectivity index (χ1v) is 6.64.